The zero-order chi connectivity index (χ0) is 15.5. The smallest absolute Gasteiger partial charge is 0.150 e. The average molecular weight is 293 g/mol. The standard InChI is InChI=1S/C19H19NO2/c1-3-20(4-2)17-9-7-15(8-10-17)19-12-16-6-5-14(13-21)11-18(16)22-19/h5-13H,3-4H2,1-2H3. The molecule has 3 aromatic rings. The number of hydrogen-bond acceptors (Lipinski definition) is 3. The van der Waals surface area contributed by atoms with Crippen LogP contribution in [-0.2, 0) is 0 Å². The molecule has 0 saturated heterocycles. The van der Waals surface area contributed by atoms with Gasteiger partial charge in [-0.05, 0) is 50.2 Å². The van der Waals surface area contributed by atoms with Crippen molar-refractivity contribution in [2.24, 2.45) is 0 Å². The summed E-state index contributed by atoms with van der Waals surface area (Å²) >= 11 is 0. The molecule has 0 fully saturated rings. The minimum absolute atomic E-state index is 0.630. The van der Waals surface area contributed by atoms with Crippen LogP contribution in [0.4, 0.5) is 5.69 Å². The van der Waals surface area contributed by atoms with E-state index in [1.165, 1.54) is 5.69 Å². The van der Waals surface area contributed by atoms with Crippen molar-refractivity contribution in [1.82, 2.24) is 0 Å². The number of carbonyl (C=O) groups is 1. The lowest BCUT2D eigenvalue weighted by molar-refractivity contribution is 0.112. The SMILES string of the molecule is CCN(CC)c1ccc(-c2cc3ccc(C=O)cc3o2)cc1. The molecule has 22 heavy (non-hydrogen) atoms. The van der Waals surface area contributed by atoms with E-state index in [4.69, 9.17) is 4.42 Å². The van der Waals surface area contributed by atoms with Gasteiger partial charge in [-0.1, -0.05) is 12.1 Å². The molecular weight excluding hydrogens is 274 g/mol. The molecule has 3 rings (SSSR count). The summed E-state index contributed by atoms with van der Waals surface area (Å²) in [4.78, 5) is 13.1. The second-order valence-corrected chi connectivity index (χ2v) is 5.24. The minimum Gasteiger partial charge on any atom is -0.456 e. The van der Waals surface area contributed by atoms with Gasteiger partial charge in [-0.3, -0.25) is 4.79 Å². The first kappa shape index (κ1) is 14.4. The van der Waals surface area contributed by atoms with Gasteiger partial charge >= 0.3 is 0 Å². The Morgan fingerprint density at radius 1 is 1.00 bits per heavy atom. The molecule has 0 bridgehead atoms. The van der Waals surface area contributed by atoms with Gasteiger partial charge in [-0.25, -0.2) is 0 Å². The predicted molar refractivity (Wildman–Crippen MR) is 90.6 cm³/mol. The molecule has 1 aromatic heterocycles. The van der Waals surface area contributed by atoms with E-state index in [0.29, 0.717) is 5.56 Å². The summed E-state index contributed by atoms with van der Waals surface area (Å²) in [5.74, 6) is 0.823. The highest BCUT2D eigenvalue weighted by Gasteiger charge is 2.08. The molecule has 3 nitrogen and oxygen atoms in total. The van der Waals surface area contributed by atoms with Crippen LogP contribution < -0.4 is 4.90 Å². The summed E-state index contributed by atoms with van der Waals surface area (Å²) in [5.41, 5.74) is 3.63. The van der Waals surface area contributed by atoms with E-state index in [9.17, 15) is 4.79 Å². The Morgan fingerprint density at radius 3 is 2.36 bits per heavy atom. The zero-order valence-electron chi connectivity index (χ0n) is 12.9. The molecule has 0 atom stereocenters. The third-order valence-electron chi connectivity index (χ3n) is 3.96. The molecule has 0 N–H and O–H groups in total. The van der Waals surface area contributed by atoms with Crippen molar-refractivity contribution in [3.63, 3.8) is 0 Å². The van der Waals surface area contributed by atoms with Crippen molar-refractivity contribution in [3.8, 4) is 11.3 Å². The fourth-order valence-corrected chi connectivity index (χ4v) is 2.69. The second-order valence-electron chi connectivity index (χ2n) is 5.24. The lowest BCUT2D eigenvalue weighted by Gasteiger charge is -2.20. The Kier molecular flexibility index (Phi) is 3.96. The third-order valence-corrected chi connectivity index (χ3v) is 3.96. The molecule has 0 amide bonds. The molecule has 0 radical (unpaired) electrons. The minimum atomic E-state index is 0.630. The number of nitrogens with zero attached hydrogens (tertiary/aromatic N) is 1. The number of carbonyl (C=O) groups excluding carboxylic acids is 1. The molecule has 1 heterocycles. The molecule has 2 aromatic carbocycles. The van der Waals surface area contributed by atoms with Gasteiger partial charge in [0.1, 0.15) is 17.6 Å². The van der Waals surface area contributed by atoms with Crippen molar-refractivity contribution >= 4 is 22.9 Å². The molecular formula is C19H19NO2. The van der Waals surface area contributed by atoms with E-state index in [1.807, 2.05) is 12.1 Å². The molecule has 112 valence electrons. The summed E-state index contributed by atoms with van der Waals surface area (Å²) in [7, 11) is 0. The zero-order valence-corrected chi connectivity index (χ0v) is 12.9. The van der Waals surface area contributed by atoms with Crippen molar-refractivity contribution in [3.05, 3.63) is 54.1 Å². The lowest BCUT2D eigenvalue weighted by atomic mass is 10.1. The second kappa shape index (κ2) is 6.06. The van der Waals surface area contributed by atoms with Crippen molar-refractivity contribution in [2.75, 3.05) is 18.0 Å². The Balaban J connectivity index is 1.95. The first-order valence-corrected chi connectivity index (χ1v) is 7.59. The molecule has 0 spiro atoms. The summed E-state index contributed by atoms with van der Waals surface area (Å²) in [5, 5.41) is 1.01. The van der Waals surface area contributed by atoms with Crippen LogP contribution >= 0.6 is 0 Å². The Morgan fingerprint density at radius 2 is 1.73 bits per heavy atom. The van der Waals surface area contributed by atoms with Crippen LogP contribution in [0.2, 0.25) is 0 Å². The summed E-state index contributed by atoms with van der Waals surface area (Å²) < 4.78 is 5.88. The van der Waals surface area contributed by atoms with E-state index in [0.717, 1.165) is 41.7 Å². The van der Waals surface area contributed by atoms with Gasteiger partial charge in [0.05, 0.1) is 0 Å². The highest BCUT2D eigenvalue weighted by atomic mass is 16.3. The van der Waals surface area contributed by atoms with Crippen LogP contribution in [0, 0.1) is 0 Å². The maximum Gasteiger partial charge on any atom is 0.150 e. The number of fused-ring (bicyclic) bond motifs is 1. The first-order chi connectivity index (χ1) is 10.7. The van der Waals surface area contributed by atoms with Crippen LogP contribution in [0.25, 0.3) is 22.3 Å². The fourth-order valence-electron chi connectivity index (χ4n) is 2.69. The van der Waals surface area contributed by atoms with Crippen LogP contribution in [0.3, 0.4) is 0 Å². The third kappa shape index (κ3) is 2.62. The van der Waals surface area contributed by atoms with Crippen LogP contribution in [0.1, 0.15) is 24.2 Å². The molecule has 0 aliphatic heterocycles. The molecule has 0 saturated carbocycles. The van der Waals surface area contributed by atoms with Crippen LogP contribution in [-0.4, -0.2) is 19.4 Å². The summed E-state index contributed by atoms with van der Waals surface area (Å²) in [6, 6.07) is 15.9. The number of benzene rings is 2. The molecule has 0 unspecified atom stereocenters. The van der Waals surface area contributed by atoms with Crippen molar-refractivity contribution in [2.45, 2.75) is 13.8 Å². The normalized spacial score (nSPS) is 10.8. The summed E-state index contributed by atoms with van der Waals surface area (Å²) in [6.45, 7) is 6.30. The molecule has 3 heteroatoms. The van der Waals surface area contributed by atoms with E-state index >= 15 is 0 Å². The highest BCUT2D eigenvalue weighted by Crippen LogP contribution is 2.29. The fraction of sp³-hybridized carbons (Fsp3) is 0.211. The van der Waals surface area contributed by atoms with Crippen molar-refractivity contribution < 1.29 is 9.21 Å². The van der Waals surface area contributed by atoms with Gasteiger partial charge in [0.25, 0.3) is 0 Å². The van der Waals surface area contributed by atoms with Gasteiger partial charge in [0.2, 0.25) is 0 Å². The predicted octanol–water partition coefficient (Wildman–Crippen LogP) is 4.76. The first-order valence-electron chi connectivity index (χ1n) is 7.59. The number of rotatable bonds is 5. The summed E-state index contributed by atoms with van der Waals surface area (Å²) in [6.07, 6.45) is 0.834. The Labute approximate surface area is 130 Å². The Bertz CT molecular complexity index is 783. The topological polar surface area (TPSA) is 33.5 Å². The van der Waals surface area contributed by atoms with Crippen LogP contribution in [0.15, 0.2) is 52.9 Å². The van der Waals surface area contributed by atoms with E-state index in [1.54, 1.807) is 12.1 Å². The maximum absolute atomic E-state index is 10.8. The largest absolute Gasteiger partial charge is 0.456 e. The van der Waals surface area contributed by atoms with Gasteiger partial charge in [-0.2, -0.15) is 0 Å². The van der Waals surface area contributed by atoms with E-state index < -0.39 is 0 Å². The monoisotopic (exact) mass is 293 g/mol. The highest BCUT2D eigenvalue weighted by molar-refractivity contribution is 5.88. The number of furan rings is 1. The quantitative estimate of drug-likeness (QED) is 0.636. The Hall–Kier alpha value is -2.55. The van der Waals surface area contributed by atoms with Crippen molar-refractivity contribution in [1.29, 1.82) is 0 Å². The molecule has 0 aliphatic carbocycles. The molecule has 0 aliphatic rings. The maximum atomic E-state index is 10.8. The van der Waals surface area contributed by atoms with Gasteiger partial charge in [0.15, 0.2) is 0 Å². The van der Waals surface area contributed by atoms with Gasteiger partial charge in [0, 0.05) is 35.3 Å². The van der Waals surface area contributed by atoms with E-state index in [2.05, 4.69) is 43.0 Å². The number of hydrogen-bond donors (Lipinski definition) is 0. The van der Waals surface area contributed by atoms with E-state index in [-0.39, 0.29) is 0 Å². The van der Waals surface area contributed by atoms with Gasteiger partial charge in [-0.15, -0.1) is 0 Å². The number of aldehydes is 1. The number of anilines is 1. The van der Waals surface area contributed by atoms with Gasteiger partial charge < -0.3 is 9.32 Å². The average Bonchev–Trinajstić information content (AvgIpc) is 2.99. The lowest BCUT2D eigenvalue weighted by Crippen LogP contribution is -2.21. The van der Waals surface area contributed by atoms with Crippen LogP contribution in [0.5, 0.6) is 0 Å².